The topological polar surface area (TPSA) is 0 Å². The van der Waals surface area contributed by atoms with Gasteiger partial charge in [0, 0.05) is 0 Å². The van der Waals surface area contributed by atoms with E-state index in [2.05, 4.69) is 49.9 Å². The summed E-state index contributed by atoms with van der Waals surface area (Å²) in [6.07, 6.45) is 14.6. The Balaban J connectivity index is 0.000000273. The fraction of sp³-hybridized carbons (Fsp3) is 0.360. The number of rotatable bonds is 5. The van der Waals surface area contributed by atoms with Crippen molar-refractivity contribution in [3.05, 3.63) is 90.0 Å². The van der Waals surface area contributed by atoms with Crippen LogP contribution in [0.4, 0.5) is 8.78 Å². The molecule has 0 unspecified atom stereocenters. The van der Waals surface area contributed by atoms with Gasteiger partial charge in [-0.1, -0.05) is 56.0 Å². The molecule has 0 aliphatic heterocycles. The number of benzene rings is 2. The number of hydrogen-bond donors (Lipinski definition) is 0. The SMILES string of the molecule is C=Cc1ccc(C2CCC(C/C=C/CC)CC2)cc1.Fc1ccc(F)cc1. The van der Waals surface area contributed by atoms with Gasteiger partial charge in [0.05, 0.1) is 0 Å². The molecule has 1 fully saturated rings. The van der Waals surface area contributed by atoms with Crippen LogP contribution in [-0.4, -0.2) is 0 Å². The maximum atomic E-state index is 11.9. The lowest BCUT2D eigenvalue weighted by molar-refractivity contribution is 0.328. The lowest BCUT2D eigenvalue weighted by Crippen LogP contribution is -2.12. The molecule has 3 rings (SSSR count). The van der Waals surface area contributed by atoms with Crippen LogP contribution in [0.2, 0.25) is 0 Å². The summed E-state index contributed by atoms with van der Waals surface area (Å²) in [6, 6.07) is 13.3. The molecule has 2 aromatic rings. The fourth-order valence-electron chi connectivity index (χ4n) is 3.52. The maximum absolute atomic E-state index is 11.9. The molecule has 0 spiro atoms. The number of hydrogen-bond acceptors (Lipinski definition) is 0. The van der Waals surface area contributed by atoms with Gasteiger partial charge in [0.25, 0.3) is 0 Å². The summed E-state index contributed by atoms with van der Waals surface area (Å²) in [4.78, 5) is 0. The molecule has 2 heteroatoms. The highest BCUT2D eigenvalue weighted by Crippen LogP contribution is 2.37. The first kappa shape index (κ1) is 21.1. The molecule has 0 radical (unpaired) electrons. The molecule has 27 heavy (non-hydrogen) atoms. The summed E-state index contributed by atoms with van der Waals surface area (Å²) in [5.74, 6) is 0.884. The minimum atomic E-state index is -0.411. The molecule has 2 aromatic carbocycles. The van der Waals surface area contributed by atoms with Gasteiger partial charge in [0.15, 0.2) is 0 Å². The number of allylic oxidation sites excluding steroid dienone is 2. The molecule has 0 nitrogen and oxygen atoms in total. The van der Waals surface area contributed by atoms with E-state index in [1.807, 2.05) is 6.08 Å². The summed E-state index contributed by atoms with van der Waals surface area (Å²) in [5.41, 5.74) is 2.75. The molecule has 0 saturated heterocycles. The van der Waals surface area contributed by atoms with Crippen molar-refractivity contribution < 1.29 is 8.78 Å². The van der Waals surface area contributed by atoms with Crippen molar-refractivity contribution in [1.82, 2.24) is 0 Å². The highest BCUT2D eigenvalue weighted by molar-refractivity contribution is 5.47. The molecule has 0 heterocycles. The Labute approximate surface area is 162 Å². The number of halogens is 2. The van der Waals surface area contributed by atoms with Crippen molar-refractivity contribution in [2.45, 2.75) is 51.4 Å². The van der Waals surface area contributed by atoms with Crippen molar-refractivity contribution in [3.63, 3.8) is 0 Å². The summed E-state index contributed by atoms with van der Waals surface area (Å²) < 4.78 is 23.8. The zero-order chi connectivity index (χ0) is 19.5. The van der Waals surface area contributed by atoms with Crippen LogP contribution in [-0.2, 0) is 0 Å². The van der Waals surface area contributed by atoms with E-state index in [9.17, 15) is 8.78 Å². The minimum absolute atomic E-state index is 0.411. The Morgan fingerprint density at radius 2 is 1.41 bits per heavy atom. The first-order valence-electron chi connectivity index (χ1n) is 9.90. The van der Waals surface area contributed by atoms with Crippen molar-refractivity contribution in [3.8, 4) is 0 Å². The van der Waals surface area contributed by atoms with Crippen LogP contribution in [0.15, 0.2) is 67.3 Å². The normalized spacial score (nSPS) is 19.4. The van der Waals surface area contributed by atoms with Crippen LogP contribution in [0, 0.1) is 17.6 Å². The van der Waals surface area contributed by atoms with E-state index in [4.69, 9.17) is 0 Å². The van der Waals surface area contributed by atoms with E-state index in [0.29, 0.717) is 0 Å². The molecule has 144 valence electrons. The van der Waals surface area contributed by atoms with Gasteiger partial charge < -0.3 is 0 Å². The lowest BCUT2D eigenvalue weighted by Gasteiger charge is -2.28. The third-order valence-corrected chi connectivity index (χ3v) is 5.17. The second-order valence-corrected chi connectivity index (χ2v) is 7.14. The zero-order valence-electron chi connectivity index (χ0n) is 16.2. The van der Waals surface area contributed by atoms with Gasteiger partial charge in [0.1, 0.15) is 11.6 Å². The van der Waals surface area contributed by atoms with E-state index >= 15 is 0 Å². The van der Waals surface area contributed by atoms with Crippen molar-refractivity contribution >= 4 is 6.08 Å². The fourth-order valence-corrected chi connectivity index (χ4v) is 3.52. The quantitative estimate of drug-likeness (QED) is 0.470. The van der Waals surface area contributed by atoms with E-state index in [0.717, 1.165) is 36.1 Å². The molecule has 0 aromatic heterocycles. The monoisotopic (exact) mass is 368 g/mol. The van der Waals surface area contributed by atoms with E-state index in [1.165, 1.54) is 49.7 Å². The van der Waals surface area contributed by atoms with Crippen molar-refractivity contribution in [1.29, 1.82) is 0 Å². The third kappa shape index (κ3) is 7.50. The maximum Gasteiger partial charge on any atom is 0.123 e. The second kappa shape index (κ2) is 11.5. The van der Waals surface area contributed by atoms with Gasteiger partial charge in [-0.05, 0) is 85.8 Å². The third-order valence-electron chi connectivity index (χ3n) is 5.17. The Morgan fingerprint density at radius 3 is 1.89 bits per heavy atom. The predicted molar refractivity (Wildman–Crippen MR) is 112 cm³/mol. The second-order valence-electron chi connectivity index (χ2n) is 7.14. The lowest BCUT2D eigenvalue weighted by atomic mass is 9.77. The average molecular weight is 369 g/mol. The Kier molecular flexibility index (Phi) is 8.97. The Hall–Kier alpha value is -2.22. The minimum Gasteiger partial charge on any atom is -0.207 e. The summed E-state index contributed by atoms with van der Waals surface area (Å²) in [6.45, 7) is 6.02. The molecular formula is C25H30F2. The molecule has 1 aliphatic rings. The van der Waals surface area contributed by atoms with Gasteiger partial charge in [-0.25, -0.2) is 8.78 Å². The van der Waals surface area contributed by atoms with E-state index in [1.54, 1.807) is 0 Å². The standard InChI is InChI=1S/C19H26.C6H4F2/c1-3-5-6-7-17-10-14-19(15-11-17)18-12-8-16(4-2)9-13-18;7-5-1-2-6(8)4-3-5/h4-6,8-9,12-13,17,19H,2-3,7,10-11,14-15H2,1H3;1-4H/b6-5+;. The first-order chi connectivity index (χ1) is 13.1. The van der Waals surface area contributed by atoms with Gasteiger partial charge in [-0.2, -0.15) is 0 Å². The molecule has 1 aliphatic carbocycles. The predicted octanol–water partition coefficient (Wildman–Crippen LogP) is 7.92. The molecule has 0 amide bonds. The van der Waals surface area contributed by atoms with Gasteiger partial charge in [-0.15, -0.1) is 0 Å². The van der Waals surface area contributed by atoms with Crippen LogP contribution in [0.25, 0.3) is 6.08 Å². The molecule has 0 atom stereocenters. The molecule has 1 saturated carbocycles. The molecule has 0 bridgehead atoms. The summed E-state index contributed by atoms with van der Waals surface area (Å²) in [5, 5.41) is 0. The zero-order valence-corrected chi connectivity index (χ0v) is 16.2. The highest BCUT2D eigenvalue weighted by Gasteiger charge is 2.21. The van der Waals surface area contributed by atoms with Crippen LogP contribution in [0.5, 0.6) is 0 Å². The van der Waals surface area contributed by atoms with Crippen molar-refractivity contribution in [2.24, 2.45) is 5.92 Å². The van der Waals surface area contributed by atoms with Gasteiger partial charge in [0.2, 0.25) is 0 Å². The largest absolute Gasteiger partial charge is 0.207 e. The molecule has 0 N–H and O–H groups in total. The molecular weight excluding hydrogens is 338 g/mol. The van der Waals surface area contributed by atoms with Crippen LogP contribution in [0.3, 0.4) is 0 Å². The van der Waals surface area contributed by atoms with Gasteiger partial charge in [-0.3, -0.25) is 0 Å². The Morgan fingerprint density at radius 1 is 0.852 bits per heavy atom. The van der Waals surface area contributed by atoms with Crippen LogP contribution >= 0.6 is 0 Å². The van der Waals surface area contributed by atoms with Crippen molar-refractivity contribution in [2.75, 3.05) is 0 Å². The summed E-state index contributed by atoms with van der Waals surface area (Å²) >= 11 is 0. The average Bonchev–Trinajstić information content (AvgIpc) is 2.71. The first-order valence-corrected chi connectivity index (χ1v) is 9.90. The summed E-state index contributed by atoms with van der Waals surface area (Å²) in [7, 11) is 0. The van der Waals surface area contributed by atoms with E-state index in [-0.39, 0.29) is 0 Å². The van der Waals surface area contributed by atoms with E-state index < -0.39 is 11.6 Å². The van der Waals surface area contributed by atoms with Crippen LogP contribution in [0.1, 0.15) is 62.5 Å². The highest BCUT2D eigenvalue weighted by atomic mass is 19.1. The van der Waals surface area contributed by atoms with Crippen LogP contribution < -0.4 is 0 Å². The van der Waals surface area contributed by atoms with Gasteiger partial charge >= 0.3 is 0 Å². The smallest absolute Gasteiger partial charge is 0.123 e. The Bertz CT molecular complexity index is 669.